The largest absolute Gasteiger partial charge is 0.335 e. The highest BCUT2D eigenvalue weighted by Crippen LogP contribution is 2.16. The zero-order chi connectivity index (χ0) is 17.5. The monoisotopic (exact) mass is 331 g/mol. The summed E-state index contributed by atoms with van der Waals surface area (Å²) < 4.78 is 0. The fourth-order valence-electron chi connectivity index (χ4n) is 3.33. The molecule has 1 N–H and O–H groups in total. The van der Waals surface area contributed by atoms with Crippen molar-refractivity contribution in [3.05, 3.63) is 35.4 Å². The number of hydrogen-bond donors (Lipinski definition) is 1. The average Bonchev–Trinajstić information content (AvgIpc) is 2.56. The van der Waals surface area contributed by atoms with E-state index in [0.717, 1.165) is 45.6 Å². The van der Waals surface area contributed by atoms with Crippen LogP contribution in [0.3, 0.4) is 0 Å². The number of aryl methyl sites for hydroxylation is 1. The Labute approximate surface area is 147 Å². The van der Waals surface area contributed by atoms with Gasteiger partial charge in [-0.15, -0.1) is 0 Å². The van der Waals surface area contributed by atoms with Gasteiger partial charge in [0.1, 0.15) is 0 Å². The molecule has 134 valence electrons. The summed E-state index contributed by atoms with van der Waals surface area (Å²) in [6, 6.07) is 9.01. The lowest BCUT2D eigenvalue weighted by atomic mass is 10.0. The summed E-state index contributed by atoms with van der Waals surface area (Å²) in [7, 11) is 0. The normalized spacial score (nSPS) is 16.4. The average molecular weight is 332 g/mol. The van der Waals surface area contributed by atoms with E-state index in [1.807, 2.05) is 11.8 Å². The van der Waals surface area contributed by atoms with E-state index in [9.17, 15) is 4.79 Å². The first-order valence-corrected chi connectivity index (χ1v) is 9.32. The second-order valence-electron chi connectivity index (χ2n) is 7.36. The van der Waals surface area contributed by atoms with Crippen molar-refractivity contribution in [2.45, 2.75) is 53.1 Å². The highest BCUT2D eigenvalue weighted by Gasteiger charge is 2.23. The van der Waals surface area contributed by atoms with Gasteiger partial charge in [0.2, 0.25) is 0 Å². The molecule has 0 spiro atoms. The van der Waals surface area contributed by atoms with Crippen LogP contribution in [0.2, 0.25) is 0 Å². The number of likely N-dealkylation sites (tertiary alicyclic amines) is 1. The quantitative estimate of drug-likeness (QED) is 0.864. The van der Waals surface area contributed by atoms with Gasteiger partial charge in [-0.25, -0.2) is 4.79 Å². The zero-order valence-corrected chi connectivity index (χ0v) is 15.7. The minimum Gasteiger partial charge on any atom is -0.335 e. The molecule has 2 amide bonds. The Morgan fingerprint density at radius 2 is 1.96 bits per heavy atom. The molecule has 1 heterocycles. The third-order valence-corrected chi connectivity index (χ3v) is 4.82. The summed E-state index contributed by atoms with van der Waals surface area (Å²) in [5.41, 5.74) is 2.77. The molecule has 2 rings (SSSR count). The standard InChI is InChI=1S/C20H33N3O/c1-5-23(14-16(2)3)20(24)21-19-10-12-22(13-11-19)15-18-9-7-6-8-17(18)4/h6-9,16,19H,5,10-15H2,1-4H3,(H,21,24). The van der Waals surface area contributed by atoms with E-state index in [1.54, 1.807) is 0 Å². The number of amides is 2. The van der Waals surface area contributed by atoms with Crippen LogP contribution < -0.4 is 5.32 Å². The first kappa shape index (κ1) is 18.8. The Balaban J connectivity index is 1.78. The van der Waals surface area contributed by atoms with Crippen molar-refractivity contribution >= 4 is 6.03 Å². The van der Waals surface area contributed by atoms with E-state index in [1.165, 1.54) is 11.1 Å². The topological polar surface area (TPSA) is 35.6 Å². The van der Waals surface area contributed by atoms with Crippen molar-refractivity contribution < 1.29 is 4.79 Å². The van der Waals surface area contributed by atoms with Crippen LogP contribution in [0.4, 0.5) is 4.79 Å². The number of urea groups is 1. The zero-order valence-electron chi connectivity index (χ0n) is 15.7. The van der Waals surface area contributed by atoms with Crippen molar-refractivity contribution in [3.8, 4) is 0 Å². The van der Waals surface area contributed by atoms with Gasteiger partial charge in [0.25, 0.3) is 0 Å². The molecule has 0 saturated carbocycles. The Kier molecular flexibility index (Phi) is 7.10. The van der Waals surface area contributed by atoms with Gasteiger partial charge < -0.3 is 10.2 Å². The van der Waals surface area contributed by atoms with Crippen molar-refractivity contribution in [3.63, 3.8) is 0 Å². The highest BCUT2D eigenvalue weighted by molar-refractivity contribution is 5.74. The molecule has 0 unspecified atom stereocenters. The number of hydrogen-bond acceptors (Lipinski definition) is 2. The fourth-order valence-corrected chi connectivity index (χ4v) is 3.33. The molecule has 1 fully saturated rings. The van der Waals surface area contributed by atoms with Crippen LogP contribution in [0.25, 0.3) is 0 Å². The number of carbonyl (C=O) groups excluding carboxylic acids is 1. The van der Waals surface area contributed by atoms with Gasteiger partial charge in [0.15, 0.2) is 0 Å². The maximum absolute atomic E-state index is 12.4. The van der Waals surface area contributed by atoms with E-state index in [0.29, 0.717) is 12.0 Å². The lowest BCUT2D eigenvalue weighted by molar-refractivity contribution is 0.166. The summed E-state index contributed by atoms with van der Waals surface area (Å²) in [6.07, 6.45) is 2.08. The molecule has 4 nitrogen and oxygen atoms in total. The molecule has 0 radical (unpaired) electrons. The SMILES string of the molecule is CCN(CC(C)C)C(=O)NC1CCN(Cc2ccccc2C)CC1. The van der Waals surface area contributed by atoms with Crippen LogP contribution in [0.1, 0.15) is 44.7 Å². The van der Waals surface area contributed by atoms with Crippen LogP contribution in [-0.4, -0.2) is 48.1 Å². The predicted molar refractivity (Wildman–Crippen MR) is 100 cm³/mol. The minimum absolute atomic E-state index is 0.101. The number of benzene rings is 1. The summed E-state index contributed by atoms with van der Waals surface area (Å²) in [4.78, 5) is 16.8. The maximum atomic E-state index is 12.4. The number of piperidine rings is 1. The Morgan fingerprint density at radius 1 is 1.29 bits per heavy atom. The second kappa shape index (κ2) is 9.07. The molecule has 1 saturated heterocycles. The third-order valence-electron chi connectivity index (χ3n) is 4.82. The van der Waals surface area contributed by atoms with Crippen molar-refractivity contribution in [1.29, 1.82) is 0 Å². The lowest BCUT2D eigenvalue weighted by Crippen LogP contribution is -2.49. The Bertz CT molecular complexity index is 521. The Hall–Kier alpha value is -1.55. The first-order chi connectivity index (χ1) is 11.5. The highest BCUT2D eigenvalue weighted by atomic mass is 16.2. The number of nitrogens with one attached hydrogen (secondary N) is 1. The van der Waals surface area contributed by atoms with Gasteiger partial charge in [0.05, 0.1) is 0 Å². The van der Waals surface area contributed by atoms with Crippen LogP contribution in [0, 0.1) is 12.8 Å². The van der Waals surface area contributed by atoms with E-state index >= 15 is 0 Å². The molecule has 0 aliphatic carbocycles. The van der Waals surface area contributed by atoms with Crippen molar-refractivity contribution in [2.75, 3.05) is 26.2 Å². The molecule has 1 aromatic rings. The molecular formula is C20H33N3O. The molecule has 24 heavy (non-hydrogen) atoms. The fraction of sp³-hybridized carbons (Fsp3) is 0.650. The minimum atomic E-state index is 0.101. The molecule has 1 aliphatic rings. The van der Waals surface area contributed by atoms with Gasteiger partial charge in [0, 0.05) is 38.8 Å². The van der Waals surface area contributed by atoms with E-state index in [2.05, 4.69) is 55.3 Å². The molecule has 1 aromatic carbocycles. The molecule has 4 heteroatoms. The van der Waals surface area contributed by atoms with E-state index in [4.69, 9.17) is 0 Å². The number of nitrogens with zero attached hydrogens (tertiary/aromatic N) is 2. The maximum Gasteiger partial charge on any atom is 0.317 e. The lowest BCUT2D eigenvalue weighted by Gasteiger charge is -2.34. The number of rotatable bonds is 6. The second-order valence-corrected chi connectivity index (χ2v) is 7.36. The van der Waals surface area contributed by atoms with Gasteiger partial charge in [-0.3, -0.25) is 4.90 Å². The molecular weight excluding hydrogens is 298 g/mol. The van der Waals surface area contributed by atoms with Crippen LogP contribution >= 0.6 is 0 Å². The van der Waals surface area contributed by atoms with Crippen LogP contribution in [-0.2, 0) is 6.54 Å². The molecule has 0 atom stereocenters. The Morgan fingerprint density at radius 3 is 2.54 bits per heavy atom. The van der Waals surface area contributed by atoms with Gasteiger partial charge >= 0.3 is 6.03 Å². The molecule has 0 bridgehead atoms. The third kappa shape index (κ3) is 5.52. The summed E-state index contributed by atoms with van der Waals surface area (Å²) >= 11 is 0. The first-order valence-electron chi connectivity index (χ1n) is 9.32. The summed E-state index contributed by atoms with van der Waals surface area (Å²) in [6.45, 7) is 13.3. The van der Waals surface area contributed by atoms with Crippen molar-refractivity contribution in [2.24, 2.45) is 5.92 Å². The van der Waals surface area contributed by atoms with Crippen molar-refractivity contribution in [1.82, 2.24) is 15.1 Å². The summed E-state index contributed by atoms with van der Waals surface area (Å²) in [5.74, 6) is 0.506. The van der Waals surface area contributed by atoms with E-state index < -0.39 is 0 Å². The smallest absolute Gasteiger partial charge is 0.317 e. The number of carbonyl (C=O) groups is 1. The van der Waals surface area contributed by atoms with Gasteiger partial charge in [-0.05, 0) is 43.7 Å². The van der Waals surface area contributed by atoms with Crippen LogP contribution in [0.15, 0.2) is 24.3 Å². The molecule has 0 aromatic heterocycles. The van der Waals surface area contributed by atoms with Gasteiger partial charge in [-0.2, -0.15) is 0 Å². The van der Waals surface area contributed by atoms with Gasteiger partial charge in [-0.1, -0.05) is 38.1 Å². The predicted octanol–water partition coefficient (Wildman–Crippen LogP) is 3.65. The molecule has 1 aliphatic heterocycles. The van der Waals surface area contributed by atoms with E-state index in [-0.39, 0.29) is 6.03 Å². The summed E-state index contributed by atoms with van der Waals surface area (Å²) in [5, 5.41) is 3.23. The van der Waals surface area contributed by atoms with Crippen LogP contribution in [0.5, 0.6) is 0 Å².